The van der Waals surface area contributed by atoms with Crippen molar-refractivity contribution in [1.82, 2.24) is 0 Å². The van der Waals surface area contributed by atoms with Crippen LogP contribution in [-0.2, 0) is 28.6 Å². The fraction of sp³-hybridized carbons (Fsp3) is 0.945. The van der Waals surface area contributed by atoms with Crippen molar-refractivity contribution in [3.05, 3.63) is 0 Å². The molecule has 1 unspecified atom stereocenters. The van der Waals surface area contributed by atoms with E-state index >= 15 is 0 Å². The Bertz CT molecular complexity index is 933. The van der Waals surface area contributed by atoms with Crippen LogP contribution in [-0.4, -0.2) is 37.2 Å². The Hall–Kier alpha value is -1.59. The van der Waals surface area contributed by atoms with Gasteiger partial charge in [0.1, 0.15) is 13.2 Å². The Morgan fingerprint density at radius 2 is 0.623 bits per heavy atom. The van der Waals surface area contributed by atoms with Gasteiger partial charge in [-0.3, -0.25) is 14.4 Å². The van der Waals surface area contributed by atoms with Crippen molar-refractivity contribution in [2.45, 2.75) is 310 Å². The minimum atomic E-state index is -0.762. The molecule has 6 nitrogen and oxygen atoms in total. The SMILES string of the molecule is CCCCCCCCCCCCCCCCCCCC(=O)OC[C@@H](COC(=O)CCCCCCCCC(C)CC)OC(=O)CCCCCCCCCCCCCCCC(C)C. The highest BCUT2D eigenvalue weighted by atomic mass is 16.6. The molecule has 0 aliphatic carbocycles. The van der Waals surface area contributed by atoms with E-state index in [-0.39, 0.29) is 31.1 Å². The van der Waals surface area contributed by atoms with E-state index in [0.29, 0.717) is 19.3 Å². The van der Waals surface area contributed by atoms with E-state index in [1.165, 1.54) is 193 Å². The van der Waals surface area contributed by atoms with Gasteiger partial charge in [0.15, 0.2) is 6.10 Å². The predicted octanol–water partition coefficient (Wildman–Crippen LogP) is 17.7. The van der Waals surface area contributed by atoms with E-state index in [1.807, 2.05) is 0 Å². The molecule has 0 saturated carbocycles. The zero-order valence-electron chi connectivity index (χ0n) is 41.8. The van der Waals surface area contributed by atoms with Crippen LogP contribution in [0, 0.1) is 11.8 Å². The first-order valence-electron chi connectivity index (χ1n) is 27.3. The van der Waals surface area contributed by atoms with E-state index < -0.39 is 6.10 Å². The molecular formula is C55H106O6. The number of esters is 3. The van der Waals surface area contributed by atoms with Crippen molar-refractivity contribution in [1.29, 1.82) is 0 Å². The van der Waals surface area contributed by atoms with Crippen LogP contribution in [0.2, 0.25) is 0 Å². The summed E-state index contributed by atoms with van der Waals surface area (Å²) in [6.45, 7) is 11.4. The molecule has 362 valence electrons. The minimum absolute atomic E-state index is 0.0639. The van der Waals surface area contributed by atoms with Crippen molar-refractivity contribution in [3.63, 3.8) is 0 Å². The molecular weight excluding hydrogens is 757 g/mol. The summed E-state index contributed by atoms with van der Waals surface area (Å²) >= 11 is 0. The first kappa shape index (κ1) is 59.4. The maximum absolute atomic E-state index is 12.8. The molecule has 0 bridgehead atoms. The second-order valence-corrected chi connectivity index (χ2v) is 19.6. The highest BCUT2D eigenvalue weighted by molar-refractivity contribution is 5.71. The van der Waals surface area contributed by atoms with Gasteiger partial charge in [-0.1, -0.05) is 266 Å². The van der Waals surface area contributed by atoms with Crippen molar-refractivity contribution in [2.75, 3.05) is 13.2 Å². The fourth-order valence-corrected chi connectivity index (χ4v) is 8.31. The molecule has 0 fully saturated rings. The van der Waals surface area contributed by atoms with Crippen LogP contribution in [0.15, 0.2) is 0 Å². The molecule has 0 N–H and O–H groups in total. The third-order valence-corrected chi connectivity index (χ3v) is 12.8. The highest BCUT2D eigenvalue weighted by Crippen LogP contribution is 2.18. The molecule has 0 heterocycles. The molecule has 0 aromatic carbocycles. The standard InChI is InChI=1S/C55H106O6/c1-6-8-9-10-11-12-13-14-15-16-17-20-23-26-29-35-40-45-53(56)59-48-52(49-60-54(57)46-41-36-32-31-34-39-44-51(5)7-2)61-55(58)47-42-37-30-27-24-21-18-19-22-25-28-33-38-43-50(3)4/h50-52H,6-49H2,1-5H3/t51?,52-/m0/s1. The minimum Gasteiger partial charge on any atom is -0.462 e. The maximum Gasteiger partial charge on any atom is 0.306 e. The first-order valence-corrected chi connectivity index (χ1v) is 27.3. The van der Waals surface area contributed by atoms with Crippen LogP contribution in [0.5, 0.6) is 0 Å². The molecule has 61 heavy (non-hydrogen) atoms. The molecule has 0 rings (SSSR count). The van der Waals surface area contributed by atoms with E-state index in [0.717, 1.165) is 69.6 Å². The number of carbonyl (C=O) groups excluding carboxylic acids is 3. The van der Waals surface area contributed by atoms with Crippen LogP contribution in [0.4, 0.5) is 0 Å². The molecule has 0 radical (unpaired) electrons. The maximum atomic E-state index is 12.8. The van der Waals surface area contributed by atoms with Crippen molar-refractivity contribution < 1.29 is 28.6 Å². The summed E-state index contributed by atoms with van der Waals surface area (Å²) in [5.41, 5.74) is 0. The van der Waals surface area contributed by atoms with Crippen LogP contribution in [0.1, 0.15) is 304 Å². The van der Waals surface area contributed by atoms with Crippen LogP contribution in [0.3, 0.4) is 0 Å². The van der Waals surface area contributed by atoms with Crippen LogP contribution < -0.4 is 0 Å². The summed E-state index contributed by atoms with van der Waals surface area (Å²) in [7, 11) is 0. The topological polar surface area (TPSA) is 78.9 Å². The summed E-state index contributed by atoms with van der Waals surface area (Å²) in [5, 5.41) is 0. The lowest BCUT2D eigenvalue weighted by atomic mass is 10.00. The average molecular weight is 863 g/mol. The van der Waals surface area contributed by atoms with Crippen LogP contribution in [0.25, 0.3) is 0 Å². The largest absolute Gasteiger partial charge is 0.462 e. The molecule has 2 atom stereocenters. The zero-order valence-corrected chi connectivity index (χ0v) is 41.8. The average Bonchev–Trinajstić information content (AvgIpc) is 3.24. The zero-order chi connectivity index (χ0) is 44.7. The van der Waals surface area contributed by atoms with Gasteiger partial charge >= 0.3 is 17.9 Å². The summed E-state index contributed by atoms with van der Waals surface area (Å²) in [6.07, 6.45) is 49.5. The summed E-state index contributed by atoms with van der Waals surface area (Å²) in [6, 6.07) is 0. The van der Waals surface area contributed by atoms with Crippen molar-refractivity contribution in [2.24, 2.45) is 11.8 Å². The van der Waals surface area contributed by atoms with Gasteiger partial charge in [0, 0.05) is 19.3 Å². The lowest BCUT2D eigenvalue weighted by Crippen LogP contribution is -2.30. The van der Waals surface area contributed by atoms with Gasteiger partial charge in [0.25, 0.3) is 0 Å². The van der Waals surface area contributed by atoms with Gasteiger partial charge < -0.3 is 14.2 Å². The van der Waals surface area contributed by atoms with Gasteiger partial charge in [-0.05, 0) is 31.1 Å². The molecule has 0 spiro atoms. The van der Waals surface area contributed by atoms with Gasteiger partial charge in [0.2, 0.25) is 0 Å². The molecule has 0 saturated heterocycles. The van der Waals surface area contributed by atoms with Gasteiger partial charge in [-0.15, -0.1) is 0 Å². The number of hydrogen-bond donors (Lipinski definition) is 0. The van der Waals surface area contributed by atoms with E-state index in [2.05, 4.69) is 34.6 Å². The van der Waals surface area contributed by atoms with Gasteiger partial charge in [-0.2, -0.15) is 0 Å². The van der Waals surface area contributed by atoms with Crippen molar-refractivity contribution in [3.8, 4) is 0 Å². The Kier molecular flexibility index (Phi) is 46.6. The molecule has 0 aliphatic heterocycles. The highest BCUT2D eigenvalue weighted by Gasteiger charge is 2.19. The molecule has 0 amide bonds. The Balaban J connectivity index is 4.27. The van der Waals surface area contributed by atoms with E-state index in [1.54, 1.807) is 0 Å². The third kappa shape index (κ3) is 47.7. The Labute approximate surface area is 380 Å². The number of unbranched alkanes of at least 4 members (excludes halogenated alkanes) is 33. The van der Waals surface area contributed by atoms with Crippen LogP contribution >= 0.6 is 0 Å². The Morgan fingerprint density at radius 3 is 0.934 bits per heavy atom. The monoisotopic (exact) mass is 863 g/mol. The van der Waals surface area contributed by atoms with E-state index in [4.69, 9.17) is 14.2 Å². The lowest BCUT2D eigenvalue weighted by Gasteiger charge is -2.18. The lowest BCUT2D eigenvalue weighted by molar-refractivity contribution is -0.167. The summed E-state index contributed by atoms with van der Waals surface area (Å²) in [5.74, 6) is 0.805. The third-order valence-electron chi connectivity index (χ3n) is 12.8. The normalized spacial score (nSPS) is 12.5. The molecule has 0 aliphatic rings. The number of hydrogen-bond acceptors (Lipinski definition) is 6. The van der Waals surface area contributed by atoms with Gasteiger partial charge in [-0.25, -0.2) is 0 Å². The van der Waals surface area contributed by atoms with Crippen molar-refractivity contribution >= 4 is 17.9 Å². The first-order chi connectivity index (χ1) is 29.8. The fourth-order valence-electron chi connectivity index (χ4n) is 8.31. The number of carbonyl (C=O) groups is 3. The number of rotatable bonds is 49. The molecule has 0 aromatic heterocycles. The predicted molar refractivity (Wildman–Crippen MR) is 261 cm³/mol. The smallest absolute Gasteiger partial charge is 0.306 e. The quantitative estimate of drug-likeness (QED) is 0.0344. The van der Waals surface area contributed by atoms with E-state index in [9.17, 15) is 14.4 Å². The molecule has 0 aromatic rings. The summed E-state index contributed by atoms with van der Waals surface area (Å²) < 4.78 is 16.8. The molecule has 6 heteroatoms. The van der Waals surface area contributed by atoms with Gasteiger partial charge in [0.05, 0.1) is 0 Å². The second kappa shape index (κ2) is 47.9. The second-order valence-electron chi connectivity index (χ2n) is 19.6. The summed E-state index contributed by atoms with van der Waals surface area (Å²) in [4.78, 5) is 38.0. The number of ether oxygens (including phenoxy) is 3. The Morgan fingerprint density at radius 1 is 0.344 bits per heavy atom.